The van der Waals surface area contributed by atoms with Gasteiger partial charge < -0.3 is 24.5 Å². The van der Waals surface area contributed by atoms with Crippen LogP contribution < -0.4 is 0 Å². The van der Waals surface area contributed by atoms with Crippen LogP contribution in [0, 0.1) is 0 Å². The lowest BCUT2D eigenvalue weighted by Crippen LogP contribution is -2.31. The normalized spacial score (nSPS) is 17.9. The minimum Gasteiger partial charge on any atom is -0.362 e. The molecule has 0 saturated carbocycles. The minimum absolute atomic E-state index is 1.04. The fraction of sp³-hybridized carbons (Fsp3) is 0.750. The van der Waals surface area contributed by atoms with E-state index >= 15 is 0 Å². The molecular formula is C16H31N5. The van der Waals surface area contributed by atoms with E-state index in [4.69, 9.17) is 0 Å². The van der Waals surface area contributed by atoms with Crippen molar-refractivity contribution in [3.63, 3.8) is 0 Å². The predicted molar refractivity (Wildman–Crippen MR) is 88.3 cm³/mol. The summed E-state index contributed by atoms with van der Waals surface area (Å²) < 4.78 is 0. The van der Waals surface area contributed by atoms with E-state index in [2.05, 4.69) is 70.3 Å². The van der Waals surface area contributed by atoms with Crippen molar-refractivity contribution in [2.24, 2.45) is 0 Å². The van der Waals surface area contributed by atoms with E-state index in [9.17, 15) is 0 Å². The van der Waals surface area contributed by atoms with Crippen LogP contribution >= 0.6 is 0 Å². The Morgan fingerprint density at radius 1 is 0.810 bits per heavy atom. The molecular weight excluding hydrogens is 262 g/mol. The van der Waals surface area contributed by atoms with E-state index in [1.54, 1.807) is 0 Å². The van der Waals surface area contributed by atoms with Crippen LogP contribution in [0.1, 0.15) is 19.8 Å². The van der Waals surface area contributed by atoms with E-state index in [-0.39, 0.29) is 0 Å². The molecule has 0 aromatic carbocycles. The highest BCUT2D eigenvalue weighted by Crippen LogP contribution is 2.06. The molecule has 0 radical (unpaired) electrons. The van der Waals surface area contributed by atoms with Crippen molar-refractivity contribution < 1.29 is 0 Å². The summed E-state index contributed by atoms with van der Waals surface area (Å²) in [7, 11) is 4.25. The Hall–Kier alpha value is -1.36. The highest BCUT2D eigenvalue weighted by molar-refractivity contribution is 4.89. The molecule has 21 heavy (non-hydrogen) atoms. The van der Waals surface area contributed by atoms with Crippen molar-refractivity contribution in [2.75, 3.05) is 60.2 Å². The van der Waals surface area contributed by atoms with Crippen LogP contribution in [0.4, 0.5) is 0 Å². The molecule has 2 aliphatic heterocycles. The van der Waals surface area contributed by atoms with Crippen molar-refractivity contribution in [2.45, 2.75) is 19.8 Å². The van der Waals surface area contributed by atoms with Gasteiger partial charge in [0, 0.05) is 52.0 Å². The van der Waals surface area contributed by atoms with Crippen molar-refractivity contribution in [3.8, 4) is 0 Å². The molecule has 0 spiro atoms. The molecule has 0 amide bonds. The second kappa shape index (κ2) is 8.17. The molecule has 0 saturated heterocycles. The fourth-order valence-corrected chi connectivity index (χ4v) is 2.89. The first-order valence-electron chi connectivity index (χ1n) is 8.15. The van der Waals surface area contributed by atoms with E-state index in [0.717, 1.165) is 33.0 Å². The molecule has 2 heterocycles. The van der Waals surface area contributed by atoms with Crippen LogP contribution in [-0.4, -0.2) is 84.7 Å². The predicted octanol–water partition coefficient (Wildman–Crippen LogP) is 1.44. The second-order valence-electron chi connectivity index (χ2n) is 6.16. The zero-order chi connectivity index (χ0) is 15.1. The first-order chi connectivity index (χ1) is 10.2. The lowest BCUT2D eigenvalue weighted by Gasteiger charge is -2.24. The van der Waals surface area contributed by atoms with Crippen LogP contribution in [-0.2, 0) is 0 Å². The van der Waals surface area contributed by atoms with Gasteiger partial charge in [-0.25, -0.2) is 0 Å². The van der Waals surface area contributed by atoms with Crippen molar-refractivity contribution in [1.82, 2.24) is 24.5 Å². The molecule has 0 atom stereocenters. The molecule has 2 rings (SSSR count). The summed E-state index contributed by atoms with van der Waals surface area (Å²) >= 11 is 0. The van der Waals surface area contributed by atoms with E-state index < -0.39 is 0 Å². The number of nitrogens with zero attached hydrogens (tertiary/aromatic N) is 5. The minimum atomic E-state index is 1.04. The topological polar surface area (TPSA) is 16.2 Å². The van der Waals surface area contributed by atoms with E-state index in [1.807, 2.05) is 0 Å². The largest absolute Gasteiger partial charge is 0.362 e. The van der Waals surface area contributed by atoms with Gasteiger partial charge in [-0.3, -0.25) is 0 Å². The molecule has 0 aromatic rings. The quantitative estimate of drug-likeness (QED) is 0.637. The van der Waals surface area contributed by atoms with Gasteiger partial charge >= 0.3 is 0 Å². The number of rotatable bonds is 9. The molecule has 0 unspecified atom stereocenters. The van der Waals surface area contributed by atoms with Gasteiger partial charge in [0.2, 0.25) is 0 Å². The van der Waals surface area contributed by atoms with Gasteiger partial charge in [-0.05, 0) is 32.5 Å². The summed E-state index contributed by atoms with van der Waals surface area (Å²) in [5.74, 6) is 0. The Morgan fingerprint density at radius 2 is 1.29 bits per heavy atom. The maximum Gasteiger partial charge on any atom is 0.0890 e. The van der Waals surface area contributed by atoms with Crippen LogP contribution in [0.2, 0.25) is 0 Å². The molecule has 0 N–H and O–H groups in total. The molecule has 0 aliphatic carbocycles. The van der Waals surface area contributed by atoms with Gasteiger partial charge in [-0.2, -0.15) is 0 Å². The summed E-state index contributed by atoms with van der Waals surface area (Å²) in [4.78, 5) is 11.8. The Balaban J connectivity index is 1.53. The summed E-state index contributed by atoms with van der Waals surface area (Å²) in [6.45, 7) is 10.3. The molecule has 2 aliphatic rings. The van der Waals surface area contributed by atoms with Gasteiger partial charge in [0.25, 0.3) is 0 Å². The maximum atomic E-state index is 2.58. The maximum absolute atomic E-state index is 2.58. The smallest absolute Gasteiger partial charge is 0.0890 e. The first-order valence-corrected chi connectivity index (χ1v) is 8.15. The van der Waals surface area contributed by atoms with Crippen molar-refractivity contribution in [1.29, 1.82) is 0 Å². The zero-order valence-corrected chi connectivity index (χ0v) is 13.9. The second-order valence-corrected chi connectivity index (χ2v) is 6.16. The number of hydrogen-bond donors (Lipinski definition) is 0. The fourth-order valence-electron chi connectivity index (χ4n) is 2.89. The highest BCUT2D eigenvalue weighted by Gasteiger charge is 2.10. The molecule has 5 nitrogen and oxygen atoms in total. The van der Waals surface area contributed by atoms with Crippen molar-refractivity contribution >= 4 is 0 Å². The third-order valence-electron chi connectivity index (χ3n) is 4.16. The zero-order valence-electron chi connectivity index (χ0n) is 13.9. The summed E-state index contributed by atoms with van der Waals surface area (Å²) in [6.07, 6.45) is 11.2. The van der Waals surface area contributed by atoms with Crippen LogP contribution in [0.5, 0.6) is 0 Å². The van der Waals surface area contributed by atoms with Gasteiger partial charge in [0.1, 0.15) is 0 Å². The van der Waals surface area contributed by atoms with Crippen LogP contribution in [0.25, 0.3) is 0 Å². The Labute approximate surface area is 130 Å². The summed E-state index contributed by atoms with van der Waals surface area (Å²) in [5.41, 5.74) is 0. The van der Waals surface area contributed by atoms with Gasteiger partial charge in [-0.1, -0.05) is 6.92 Å². The first kappa shape index (κ1) is 16.0. The Morgan fingerprint density at radius 3 is 1.62 bits per heavy atom. The molecule has 0 aromatic heterocycles. The third kappa shape index (κ3) is 5.50. The molecule has 120 valence electrons. The average Bonchev–Trinajstić information content (AvgIpc) is 3.06. The summed E-state index contributed by atoms with van der Waals surface area (Å²) in [6, 6.07) is 0. The standard InChI is InChI=1S/C16H31N5/c1-4-19(7-5-9-20-13-11-17(2)15-20)8-6-10-21-14-12-18(3)16-21/h11-14H,4-10,15-16H2,1-3H3. The van der Waals surface area contributed by atoms with E-state index in [0.29, 0.717) is 0 Å². The highest BCUT2D eigenvalue weighted by atomic mass is 15.3. The Kier molecular flexibility index (Phi) is 6.23. The van der Waals surface area contributed by atoms with Gasteiger partial charge in [-0.15, -0.1) is 0 Å². The van der Waals surface area contributed by atoms with Crippen molar-refractivity contribution in [3.05, 3.63) is 24.8 Å². The van der Waals surface area contributed by atoms with Crippen LogP contribution in [0.15, 0.2) is 24.8 Å². The van der Waals surface area contributed by atoms with Crippen LogP contribution in [0.3, 0.4) is 0 Å². The lowest BCUT2D eigenvalue weighted by atomic mass is 10.3. The molecule has 5 heteroatoms. The number of hydrogen-bond acceptors (Lipinski definition) is 5. The molecule has 0 fully saturated rings. The third-order valence-corrected chi connectivity index (χ3v) is 4.16. The monoisotopic (exact) mass is 293 g/mol. The summed E-state index contributed by atoms with van der Waals surface area (Å²) in [5, 5.41) is 0. The SMILES string of the molecule is CCN(CCCN1C=CN(C)C1)CCCN1C=CN(C)C1. The van der Waals surface area contributed by atoms with Gasteiger partial charge in [0.05, 0.1) is 13.3 Å². The van der Waals surface area contributed by atoms with E-state index in [1.165, 1.54) is 25.9 Å². The lowest BCUT2D eigenvalue weighted by molar-refractivity contribution is 0.230. The van der Waals surface area contributed by atoms with Gasteiger partial charge in [0.15, 0.2) is 0 Å². The Bertz CT molecular complexity index is 323. The average molecular weight is 293 g/mol. The molecule has 0 bridgehead atoms.